The largest absolute Gasteiger partial charge is 0.337 e. The van der Waals surface area contributed by atoms with E-state index in [0.29, 0.717) is 11.3 Å². The summed E-state index contributed by atoms with van der Waals surface area (Å²) in [5.41, 5.74) is 3.52. The quantitative estimate of drug-likeness (QED) is 0.746. The fourth-order valence-electron chi connectivity index (χ4n) is 4.02. The minimum absolute atomic E-state index is 0.106. The summed E-state index contributed by atoms with van der Waals surface area (Å²) in [6, 6.07) is 21.7. The number of carbonyl (C=O) groups excluding carboxylic acids is 1. The number of fused-ring (bicyclic) bond motifs is 4. The first-order valence-corrected chi connectivity index (χ1v) is 8.08. The van der Waals surface area contributed by atoms with E-state index in [-0.39, 0.29) is 11.8 Å². The zero-order valence-corrected chi connectivity index (χ0v) is 12.9. The third-order valence-corrected chi connectivity index (χ3v) is 5.03. The Bertz CT molecular complexity index is 988. The maximum atomic E-state index is 12.6. The Morgan fingerprint density at radius 1 is 1.04 bits per heavy atom. The summed E-state index contributed by atoms with van der Waals surface area (Å²) in [6.45, 7) is 0. The summed E-state index contributed by atoms with van der Waals surface area (Å²) in [6.07, 6.45) is 1.12. The molecule has 2 heterocycles. The zero-order valence-electron chi connectivity index (χ0n) is 13.9. The average molecular weight is 313 g/mol. The highest BCUT2D eigenvalue weighted by Crippen LogP contribution is 2.52. The van der Waals surface area contributed by atoms with E-state index in [4.69, 9.17) is 1.37 Å². The fraction of sp³-hybridized carbons (Fsp3) is 0.143. The van der Waals surface area contributed by atoms with Gasteiger partial charge in [-0.3, -0.25) is 9.78 Å². The summed E-state index contributed by atoms with van der Waals surface area (Å²) < 4.78 is 9.12. The molecule has 1 amide bonds. The van der Waals surface area contributed by atoms with Crippen LogP contribution in [0.5, 0.6) is 0 Å². The van der Waals surface area contributed by atoms with Gasteiger partial charge in [-0.25, -0.2) is 0 Å². The van der Waals surface area contributed by atoms with Crippen molar-refractivity contribution < 1.29 is 6.17 Å². The summed E-state index contributed by atoms with van der Waals surface area (Å²) in [5, 5.41) is 3.11. The SMILES string of the molecule is [2H][C@H]1[C@@H](c2ccccc2)c2ccccc2[C@@]12NC(=O)c1cccnc12. The second-order valence-electron chi connectivity index (χ2n) is 6.30. The lowest BCUT2D eigenvalue weighted by molar-refractivity contribution is 0.0940. The van der Waals surface area contributed by atoms with Crippen LogP contribution in [0.1, 0.15) is 46.4 Å². The van der Waals surface area contributed by atoms with Gasteiger partial charge < -0.3 is 5.32 Å². The van der Waals surface area contributed by atoms with Crippen LogP contribution in [0.2, 0.25) is 0 Å². The molecule has 2 aromatic carbocycles. The Labute approximate surface area is 141 Å². The van der Waals surface area contributed by atoms with E-state index in [9.17, 15) is 4.79 Å². The van der Waals surface area contributed by atoms with Crippen molar-refractivity contribution in [3.63, 3.8) is 0 Å². The number of carbonyl (C=O) groups is 1. The van der Waals surface area contributed by atoms with E-state index in [0.717, 1.165) is 16.7 Å². The lowest BCUT2D eigenvalue weighted by Gasteiger charge is -2.26. The van der Waals surface area contributed by atoms with Crippen molar-refractivity contribution in [1.82, 2.24) is 10.3 Å². The molecule has 0 bridgehead atoms. The number of amides is 1. The van der Waals surface area contributed by atoms with Gasteiger partial charge in [-0.15, -0.1) is 0 Å². The van der Waals surface area contributed by atoms with Crippen molar-refractivity contribution in [1.29, 1.82) is 0 Å². The molecule has 2 aliphatic rings. The van der Waals surface area contributed by atoms with Crippen LogP contribution >= 0.6 is 0 Å². The van der Waals surface area contributed by atoms with E-state index in [1.54, 1.807) is 18.3 Å². The van der Waals surface area contributed by atoms with Crippen molar-refractivity contribution in [2.45, 2.75) is 17.9 Å². The highest BCUT2D eigenvalue weighted by molar-refractivity contribution is 6.00. The number of nitrogens with one attached hydrogen (secondary N) is 1. The minimum Gasteiger partial charge on any atom is -0.337 e. The number of hydrogen-bond acceptors (Lipinski definition) is 2. The summed E-state index contributed by atoms with van der Waals surface area (Å²) in [7, 11) is 0. The Kier molecular flexibility index (Phi) is 2.48. The number of aromatic nitrogens is 1. The van der Waals surface area contributed by atoms with Gasteiger partial charge in [-0.1, -0.05) is 54.6 Å². The van der Waals surface area contributed by atoms with Crippen molar-refractivity contribution in [3.8, 4) is 0 Å². The molecule has 3 atom stereocenters. The molecular formula is C21H16N2O. The molecule has 0 fully saturated rings. The molecule has 0 radical (unpaired) electrons. The van der Waals surface area contributed by atoms with E-state index in [1.165, 1.54) is 0 Å². The Morgan fingerprint density at radius 2 is 1.83 bits per heavy atom. The number of hydrogen-bond donors (Lipinski definition) is 1. The highest BCUT2D eigenvalue weighted by Gasteiger charge is 2.52. The predicted molar refractivity (Wildman–Crippen MR) is 91.8 cm³/mol. The molecule has 1 aliphatic heterocycles. The van der Waals surface area contributed by atoms with Gasteiger partial charge in [-0.05, 0) is 35.2 Å². The molecule has 3 aromatic rings. The molecular weight excluding hydrogens is 296 g/mol. The van der Waals surface area contributed by atoms with Gasteiger partial charge in [-0.2, -0.15) is 0 Å². The van der Waals surface area contributed by atoms with Gasteiger partial charge in [0, 0.05) is 13.5 Å². The van der Waals surface area contributed by atoms with Gasteiger partial charge in [0.2, 0.25) is 0 Å². The molecule has 0 saturated heterocycles. The van der Waals surface area contributed by atoms with Gasteiger partial charge in [0.15, 0.2) is 0 Å². The number of rotatable bonds is 1. The summed E-state index contributed by atoms with van der Waals surface area (Å²) in [5.74, 6) is -0.255. The number of pyridine rings is 1. The second kappa shape index (κ2) is 4.78. The van der Waals surface area contributed by atoms with Gasteiger partial charge >= 0.3 is 0 Å². The van der Waals surface area contributed by atoms with Crippen molar-refractivity contribution in [2.24, 2.45) is 0 Å². The molecule has 116 valence electrons. The van der Waals surface area contributed by atoms with Crippen LogP contribution in [0.4, 0.5) is 0 Å². The Morgan fingerprint density at radius 3 is 2.71 bits per heavy atom. The molecule has 5 rings (SSSR count). The lowest BCUT2D eigenvalue weighted by atomic mass is 9.87. The van der Waals surface area contributed by atoms with Crippen LogP contribution in [0.25, 0.3) is 0 Å². The topological polar surface area (TPSA) is 42.0 Å². The summed E-state index contributed by atoms with van der Waals surface area (Å²) in [4.78, 5) is 17.1. The first kappa shape index (κ1) is 12.5. The van der Waals surface area contributed by atoms with Crippen LogP contribution in [-0.4, -0.2) is 10.9 Å². The van der Waals surface area contributed by atoms with Crippen LogP contribution in [0.15, 0.2) is 72.9 Å². The van der Waals surface area contributed by atoms with Crippen molar-refractivity contribution >= 4 is 5.91 Å². The molecule has 24 heavy (non-hydrogen) atoms. The van der Waals surface area contributed by atoms with Crippen LogP contribution in [0, 0.1) is 0 Å². The molecule has 3 heteroatoms. The first-order chi connectivity index (χ1) is 12.2. The van der Waals surface area contributed by atoms with Gasteiger partial charge in [0.1, 0.15) is 5.54 Å². The number of benzene rings is 2. The Balaban J connectivity index is 1.80. The van der Waals surface area contributed by atoms with Crippen molar-refractivity contribution in [3.05, 3.63) is 101 Å². The third kappa shape index (κ3) is 1.67. The first-order valence-electron chi connectivity index (χ1n) is 8.66. The van der Waals surface area contributed by atoms with E-state index < -0.39 is 11.9 Å². The second-order valence-corrected chi connectivity index (χ2v) is 6.30. The molecule has 3 nitrogen and oxygen atoms in total. The monoisotopic (exact) mass is 313 g/mol. The van der Waals surface area contributed by atoms with Gasteiger partial charge in [0.05, 0.1) is 11.3 Å². The average Bonchev–Trinajstić information content (AvgIpc) is 3.10. The van der Waals surface area contributed by atoms with E-state index in [2.05, 4.69) is 28.5 Å². The molecule has 1 N–H and O–H groups in total. The summed E-state index contributed by atoms with van der Waals surface area (Å²) >= 11 is 0. The molecule has 1 aromatic heterocycles. The van der Waals surface area contributed by atoms with Crippen LogP contribution < -0.4 is 5.32 Å². The Hall–Kier alpha value is -2.94. The lowest BCUT2D eigenvalue weighted by Crippen LogP contribution is -2.39. The van der Waals surface area contributed by atoms with Gasteiger partial charge in [0.25, 0.3) is 5.91 Å². The molecule has 1 aliphatic carbocycles. The zero-order chi connectivity index (χ0) is 17.0. The minimum atomic E-state index is -0.884. The maximum absolute atomic E-state index is 12.6. The smallest absolute Gasteiger partial charge is 0.254 e. The molecule has 0 unspecified atom stereocenters. The van der Waals surface area contributed by atoms with Crippen LogP contribution in [-0.2, 0) is 5.54 Å². The normalized spacial score (nSPS) is 27.5. The van der Waals surface area contributed by atoms with E-state index >= 15 is 0 Å². The standard InChI is InChI=1S/C21H16N2O/c24-20-16-10-6-12-22-19(16)21(23-20)13-17(14-7-2-1-3-8-14)15-9-4-5-11-18(15)21/h1-12,17H,13H2,(H,23,24)/t17-,21-/m0/s1/i13D/t13-,17-,21-. The fourth-order valence-corrected chi connectivity index (χ4v) is 4.02. The van der Waals surface area contributed by atoms with E-state index in [1.807, 2.05) is 36.4 Å². The molecule has 0 saturated carbocycles. The predicted octanol–water partition coefficient (Wildman–Crippen LogP) is 3.60. The third-order valence-electron chi connectivity index (χ3n) is 5.03. The number of nitrogens with zero attached hydrogens (tertiary/aromatic N) is 1. The maximum Gasteiger partial charge on any atom is 0.254 e. The highest BCUT2D eigenvalue weighted by atomic mass is 16.2. The molecule has 1 spiro atoms. The van der Waals surface area contributed by atoms with Crippen molar-refractivity contribution in [2.75, 3.05) is 0 Å². The van der Waals surface area contributed by atoms with Crippen LogP contribution in [0.3, 0.4) is 0 Å².